The van der Waals surface area contributed by atoms with E-state index in [2.05, 4.69) is 5.32 Å². The standard InChI is InChI=1S/C6H13F3N2/c1-4(2)11-5(3-10)6(7,8)9/h4-5,11H,3,10H2,1-2H3. The van der Waals surface area contributed by atoms with Gasteiger partial charge >= 0.3 is 6.18 Å². The minimum Gasteiger partial charge on any atom is -0.329 e. The highest BCUT2D eigenvalue weighted by molar-refractivity contribution is 4.77. The Labute approximate surface area is 64.0 Å². The third-order valence-corrected chi connectivity index (χ3v) is 1.17. The molecule has 0 radical (unpaired) electrons. The largest absolute Gasteiger partial charge is 0.405 e. The van der Waals surface area contributed by atoms with Crippen molar-refractivity contribution in [3.8, 4) is 0 Å². The van der Waals surface area contributed by atoms with Crippen molar-refractivity contribution in [3.05, 3.63) is 0 Å². The van der Waals surface area contributed by atoms with Gasteiger partial charge in [-0.3, -0.25) is 0 Å². The van der Waals surface area contributed by atoms with Crippen LogP contribution in [0.25, 0.3) is 0 Å². The van der Waals surface area contributed by atoms with Crippen molar-refractivity contribution in [1.82, 2.24) is 5.32 Å². The molecule has 3 N–H and O–H groups in total. The topological polar surface area (TPSA) is 38.0 Å². The monoisotopic (exact) mass is 170 g/mol. The Balaban J connectivity index is 3.96. The minimum absolute atomic E-state index is 0.204. The van der Waals surface area contributed by atoms with Crippen LogP contribution in [0.3, 0.4) is 0 Å². The van der Waals surface area contributed by atoms with Gasteiger partial charge in [0.25, 0.3) is 0 Å². The van der Waals surface area contributed by atoms with E-state index in [1.807, 2.05) is 0 Å². The lowest BCUT2D eigenvalue weighted by Gasteiger charge is -2.21. The Morgan fingerprint density at radius 1 is 1.36 bits per heavy atom. The summed E-state index contributed by atoms with van der Waals surface area (Å²) in [6.45, 7) is 2.88. The van der Waals surface area contributed by atoms with Crippen LogP contribution in [0.1, 0.15) is 13.8 Å². The predicted molar refractivity (Wildman–Crippen MR) is 37.2 cm³/mol. The van der Waals surface area contributed by atoms with Crippen molar-refractivity contribution in [3.63, 3.8) is 0 Å². The number of hydrogen-bond acceptors (Lipinski definition) is 2. The second-order valence-electron chi connectivity index (χ2n) is 2.65. The van der Waals surface area contributed by atoms with Crippen LogP contribution in [0, 0.1) is 0 Å². The summed E-state index contributed by atoms with van der Waals surface area (Å²) in [6, 6.07) is -1.78. The molecule has 0 aromatic heterocycles. The first-order chi connectivity index (χ1) is 4.88. The lowest BCUT2D eigenvalue weighted by Crippen LogP contribution is -2.50. The van der Waals surface area contributed by atoms with Crippen molar-refractivity contribution >= 4 is 0 Å². The molecular weight excluding hydrogens is 157 g/mol. The lowest BCUT2D eigenvalue weighted by atomic mass is 10.2. The highest BCUT2D eigenvalue weighted by Crippen LogP contribution is 2.19. The van der Waals surface area contributed by atoms with Gasteiger partial charge in [0, 0.05) is 12.6 Å². The van der Waals surface area contributed by atoms with E-state index in [0.717, 1.165) is 0 Å². The Morgan fingerprint density at radius 3 is 1.91 bits per heavy atom. The molecule has 68 valence electrons. The van der Waals surface area contributed by atoms with E-state index in [0.29, 0.717) is 0 Å². The second-order valence-corrected chi connectivity index (χ2v) is 2.65. The van der Waals surface area contributed by atoms with Crippen molar-refractivity contribution in [2.75, 3.05) is 6.54 Å². The van der Waals surface area contributed by atoms with Gasteiger partial charge in [-0.15, -0.1) is 0 Å². The summed E-state index contributed by atoms with van der Waals surface area (Å²) < 4.78 is 35.8. The highest BCUT2D eigenvalue weighted by Gasteiger charge is 2.38. The summed E-state index contributed by atoms with van der Waals surface area (Å²) in [5, 5.41) is 2.32. The number of nitrogens with two attached hydrogens (primary N) is 1. The smallest absolute Gasteiger partial charge is 0.329 e. The van der Waals surface area contributed by atoms with E-state index in [4.69, 9.17) is 5.73 Å². The van der Waals surface area contributed by atoms with Crippen molar-refractivity contribution in [2.24, 2.45) is 5.73 Å². The van der Waals surface area contributed by atoms with Gasteiger partial charge in [0.15, 0.2) is 0 Å². The van der Waals surface area contributed by atoms with Crippen LogP contribution in [0.5, 0.6) is 0 Å². The summed E-state index contributed by atoms with van der Waals surface area (Å²) in [5.41, 5.74) is 4.92. The molecule has 0 saturated carbocycles. The predicted octanol–water partition coefficient (Wildman–Crippen LogP) is 0.874. The summed E-state index contributed by atoms with van der Waals surface area (Å²) in [6.07, 6.45) is -4.24. The van der Waals surface area contributed by atoms with Crippen LogP contribution >= 0.6 is 0 Å². The van der Waals surface area contributed by atoms with Crippen LogP contribution < -0.4 is 11.1 Å². The van der Waals surface area contributed by atoms with Gasteiger partial charge in [0.1, 0.15) is 6.04 Å². The maximum Gasteiger partial charge on any atom is 0.405 e. The van der Waals surface area contributed by atoms with Gasteiger partial charge in [0.2, 0.25) is 0 Å². The number of rotatable bonds is 3. The van der Waals surface area contributed by atoms with Crippen LogP contribution in [0.15, 0.2) is 0 Å². The molecule has 0 saturated heterocycles. The van der Waals surface area contributed by atoms with Crippen molar-refractivity contribution in [1.29, 1.82) is 0 Å². The maximum absolute atomic E-state index is 11.9. The molecule has 0 aromatic rings. The van der Waals surface area contributed by atoms with Gasteiger partial charge < -0.3 is 11.1 Å². The first kappa shape index (κ1) is 10.7. The number of hydrogen-bond donors (Lipinski definition) is 2. The van der Waals surface area contributed by atoms with E-state index in [9.17, 15) is 13.2 Å². The van der Waals surface area contributed by atoms with Crippen LogP contribution in [0.4, 0.5) is 13.2 Å². The molecule has 11 heavy (non-hydrogen) atoms. The molecular formula is C6H13F3N2. The summed E-state index contributed by atoms with van der Waals surface area (Å²) >= 11 is 0. The molecule has 0 aliphatic heterocycles. The zero-order valence-electron chi connectivity index (χ0n) is 6.57. The number of alkyl halides is 3. The molecule has 0 aromatic carbocycles. The van der Waals surface area contributed by atoms with Crippen molar-refractivity contribution < 1.29 is 13.2 Å². The van der Waals surface area contributed by atoms with Gasteiger partial charge in [-0.1, -0.05) is 13.8 Å². The lowest BCUT2D eigenvalue weighted by molar-refractivity contribution is -0.154. The van der Waals surface area contributed by atoms with E-state index < -0.39 is 18.8 Å². The Hall–Kier alpha value is -0.290. The molecule has 0 bridgehead atoms. The molecule has 0 aliphatic carbocycles. The normalized spacial score (nSPS) is 15.5. The van der Waals surface area contributed by atoms with Crippen LogP contribution in [-0.2, 0) is 0 Å². The quantitative estimate of drug-likeness (QED) is 0.659. The first-order valence-corrected chi connectivity index (χ1v) is 3.40. The van der Waals surface area contributed by atoms with Gasteiger partial charge in [-0.25, -0.2) is 0 Å². The van der Waals surface area contributed by atoms with Gasteiger partial charge in [-0.05, 0) is 0 Å². The fourth-order valence-corrected chi connectivity index (χ4v) is 0.699. The Bertz CT molecular complexity index is 111. The Morgan fingerprint density at radius 2 is 1.82 bits per heavy atom. The highest BCUT2D eigenvalue weighted by atomic mass is 19.4. The van der Waals surface area contributed by atoms with Crippen LogP contribution in [0.2, 0.25) is 0 Å². The Kier molecular flexibility index (Phi) is 3.82. The average molecular weight is 170 g/mol. The van der Waals surface area contributed by atoms with Gasteiger partial charge in [-0.2, -0.15) is 13.2 Å². The first-order valence-electron chi connectivity index (χ1n) is 3.40. The summed E-state index contributed by atoms with van der Waals surface area (Å²) in [7, 11) is 0. The number of halogens is 3. The summed E-state index contributed by atoms with van der Waals surface area (Å²) in [4.78, 5) is 0. The van der Waals surface area contributed by atoms with E-state index in [-0.39, 0.29) is 6.04 Å². The zero-order chi connectivity index (χ0) is 9.07. The molecule has 0 aliphatic rings. The number of nitrogens with one attached hydrogen (secondary N) is 1. The van der Waals surface area contributed by atoms with E-state index >= 15 is 0 Å². The van der Waals surface area contributed by atoms with Crippen molar-refractivity contribution in [2.45, 2.75) is 32.1 Å². The van der Waals surface area contributed by atoms with Crippen LogP contribution in [-0.4, -0.2) is 24.8 Å². The fourth-order valence-electron chi connectivity index (χ4n) is 0.699. The molecule has 0 heterocycles. The van der Waals surface area contributed by atoms with E-state index in [1.165, 1.54) is 0 Å². The molecule has 0 fully saturated rings. The molecule has 1 unspecified atom stereocenters. The molecule has 0 amide bonds. The third-order valence-electron chi connectivity index (χ3n) is 1.17. The van der Waals surface area contributed by atoms with Gasteiger partial charge in [0.05, 0.1) is 0 Å². The molecule has 5 heteroatoms. The average Bonchev–Trinajstić information content (AvgIpc) is 1.79. The minimum atomic E-state index is -4.24. The van der Waals surface area contributed by atoms with E-state index in [1.54, 1.807) is 13.8 Å². The summed E-state index contributed by atoms with van der Waals surface area (Å²) in [5.74, 6) is 0. The second kappa shape index (κ2) is 3.92. The fraction of sp³-hybridized carbons (Fsp3) is 1.00. The molecule has 0 rings (SSSR count). The zero-order valence-corrected chi connectivity index (χ0v) is 6.57. The molecule has 0 spiro atoms. The maximum atomic E-state index is 11.9. The molecule has 2 nitrogen and oxygen atoms in total. The SMILES string of the molecule is CC(C)NC(CN)C(F)(F)F. The molecule has 1 atom stereocenters. The third kappa shape index (κ3) is 4.21.